The zero-order valence-electron chi connectivity index (χ0n) is 17.4. The number of aryl methyl sites for hydroxylation is 1. The number of amides is 4. The number of likely N-dealkylation sites (tertiary alicyclic amines) is 2. The molecule has 3 fully saturated rings. The van der Waals surface area contributed by atoms with Crippen LogP contribution in [0.4, 0.5) is 0 Å². The van der Waals surface area contributed by atoms with E-state index in [0.717, 1.165) is 25.7 Å². The fourth-order valence-corrected chi connectivity index (χ4v) is 4.90. The number of nitrogens with zero attached hydrogens (tertiary/aromatic N) is 4. The van der Waals surface area contributed by atoms with Crippen LogP contribution in [-0.2, 0) is 21.4 Å². The van der Waals surface area contributed by atoms with Crippen molar-refractivity contribution in [2.24, 2.45) is 18.9 Å². The minimum absolute atomic E-state index is 0.0200. The number of aromatic nitrogens is 2. The fraction of sp³-hybridized carbons (Fsp3) is 0.667. The van der Waals surface area contributed by atoms with Crippen LogP contribution in [-0.4, -0.2) is 68.9 Å². The van der Waals surface area contributed by atoms with Crippen LogP contribution in [0.5, 0.6) is 0 Å². The van der Waals surface area contributed by atoms with Crippen LogP contribution in [0.3, 0.4) is 0 Å². The van der Waals surface area contributed by atoms with Crippen LogP contribution in [0, 0.1) is 11.8 Å². The lowest BCUT2D eigenvalue weighted by molar-refractivity contribution is -0.141. The van der Waals surface area contributed by atoms with E-state index in [1.807, 2.05) is 0 Å². The molecule has 3 aliphatic rings. The second kappa shape index (κ2) is 8.57. The summed E-state index contributed by atoms with van der Waals surface area (Å²) < 4.78 is 1.58. The summed E-state index contributed by atoms with van der Waals surface area (Å²) in [6.45, 7) is 1.30. The topological polar surface area (TPSA) is 105 Å². The van der Waals surface area contributed by atoms with Crippen LogP contribution < -0.4 is 5.32 Å². The van der Waals surface area contributed by atoms with Gasteiger partial charge in [-0.25, -0.2) is 0 Å². The molecule has 2 atom stereocenters. The summed E-state index contributed by atoms with van der Waals surface area (Å²) >= 11 is 0. The molecule has 2 aliphatic heterocycles. The minimum atomic E-state index is -0.166. The van der Waals surface area contributed by atoms with E-state index < -0.39 is 0 Å². The van der Waals surface area contributed by atoms with E-state index in [1.165, 1.54) is 11.1 Å². The molecule has 0 aromatic carbocycles. The molecule has 4 rings (SSSR count). The zero-order chi connectivity index (χ0) is 21.3. The van der Waals surface area contributed by atoms with Gasteiger partial charge in [-0.1, -0.05) is 12.8 Å². The molecular weight excluding hydrogens is 386 g/mol. The van der Waals surface area contributed by atoms with Gasteiger partial charge in [0.15, 0.2) is 0 Å². The Balaban J connectivity index is 1.22. The monoisotopic (exact) mass is 415 g/mol. The number of fused-ring (bicyclic) bond motifs is 1. The van der Waals surface area contributed by atoms with E-state index in [2.05, 4.69) is 10.4 Å². The Hall–Kier alpha value is -2.71. The smallest absolute Gasteiger partial charge is 0.254 e. The maximum Gasteiger partial charge on any atom is 0.254 e. The number of rotatable bonds is 5. The maximum absolute atomic E-state index is 12.6. The molecule has 0 spiro atoms. The predicted octanol–water partition coefficient (Wildman–Crippen LogP) is 0.706. The quantitative estimate of drug-likeness (QED) is 0.713. The molecule has 30 heavy (non-hydrogen) atoms. The Morgan fingerprint density at radius 2 is 1.70 bits per heavy atom. The molecule has 2 unspecified atom stereocenters. The second-order valence-corrected chi connectivity index (χ2v) is 8.61. The van der Waals surface area contributed by atoms with Gasteiger partial charge in [-0.15, -0.1) is 0 Å². The summed E-state index contributed by atoms with van der Waals surface area (Å²) in [6.07, 6.45) is 8.32. The normalized spacial score (nSPS) is 24.8. The van der Waals surface area contributed by atoms with Gasteiger partial charge < -0.3 is 10.2 Å². The third-order valence-corrected chi connectivity index (χ3v) is 6.63. The van der Waals surface area contributed by atoms with Crippen molar-refractivity contribution < 1.29 is 19.2 Å². The average molecular weight is 415 g/mol. The van der Waals surface area contributed by atoms with Gasteiger partial charge in [0.25, 0.3) is 5.91 Å². The highest BCUT2D eigenvalue weighted by Gasteiger charge is 2.47. The molecular formula is C21H29N5O4. The van der Waals surface area contributed by atoms with Gasteiger partial charge in [0.05, 0.1) is 23.6 Å². The first-order chi connectivity index (χ1) is 14.4. The number of hydrogen-bond donors (Lipinski definition) is 1. The summed E-state index contributed by atoms with van der Waals surface area (Å²) in [5.74, 6) is -0.701. The Morgan fingerprint density at radius 3 is 2.27 bits per heavy atom. The number of imide groups is 1. The first-order valence-corrected chi connectivity index (χ1v) is 10.9. The van der Waals surface area contributed by atoms with Gasteiger partial charge in [0, 0.05) is 45.3 Å². The molecule has 1 N–H and O–H groups in total. The molecule has 162 valence electrons. The molecule has 1 aromatic rings. The number of hydrogen-bond acceptors (Lipinski definition) is 5. The van der Waals surface area contributed by atoms with Crippen LogP contribution in [0.15, 0.2) is 12.4 Å². The van der Waals surface area contributed by atoms with Crippen LogP contribution in [0.2, 0.25) is 0 Å². The lowest BCUT2D eigenvalue weighted by Gasteiger charge is -2.32. The second-order valence-electron chi connectivity index (χ2n) is 8.61. The molecule has 0 bridgehead atoms. The number of piperidine rings is 1. The highest BCUT2D eigenvalue weighted by molar-refractivity contribution is 6.05. The van der Waals surface area contributed by atoms with Gasteiger partial charge >= 0.3 is 0 Å². The lowest BCUT2D eigenvalue weighted by atomic mass is 9.81. The van der Waals surface area contributed by atoms with Crippen molar-refractivity contribution in [1.82, 2.24) is 24.9 Å². The van der Waals surface area contributed by atoms with E-state index in [4.69, 9.17) is 0 Å². The Labute approximate surface area is 175 Å². The van der Waals surface area contributed by atoms with Crippen molar-refractivity contribution in [3.63, 3.8) is 0 Å². The van der Waals surface area contributed by atoms with Crippen molar-refractivity contribution in [3.05, 3.63) is 18.0 Å². The van der Waals surface area contributed by atoms with Crippen LogP contribution >= 0.6 is 0 Å². The van der Waals surface area contributed by atoms with Crippen molar-refractivity contribution in [2.45, 2.75) is 51.0 Å². The first kappa shape index (κ1) is 20.6. The largest absolute Gasteiger partial charge is 0.349 e. The summed E-state index contributed by atoms with van der Waals surface area (Å²) in [6, 6.07) is 0.0200. The average Bonchev–Trinajstić information content (AvgIpc) is 3.29. The van der Waals surface area contributed by atoms with Crippen LogP contribution in [0.25, 0.3) is 0 Å². The summed E-state index contributed by atoms with van der Waals surface area (Å²) in [4.78, 5) is 53.0. The predicted molar refractivity (Wildman–Crippen MR) is 107 cm³/mol. The number of carbonyl (C=O) groups is 4. The third-order valence-electron chi connectivity index (χ3n) is 6.63. The highest BCUT2D eigenvalue weighted by Crippen LogP contribution is 2.38. The van der Waals surface area contributed by atoms with Crippen molar-refractivity contribution in [1.29, 1.82) is 0 Å². The highest BCUT2D eigenvalue weighted by atomic mass is 16.2. The molecule has 9 heteroatoms. The van der Waals surface area contributed by atoms with Gasteiger partial charge in [0.2, 0.25) is 17.7 Å². The summed E-state index contributed by atoms with van der Waals surface area (Å²) in [5, 5.41) is 7.00. The molecule has 4 amide bonds. The Bertz CT molecular complexity index is 818. The number of carbonyl (C=O) groups excluding carboxylic acids is 4. The molecule has 2 saturated heterocycles. The van der Waals surface area contributed by atoms with E-state index in [9.17, 15) is 19.2 Å². The van der Waals surface area contributed by atoms with Crippen molar-refractivity contribution in [2.75, 3.05) is 19.6 Å². The molecule has 3 heterocycles. The van der Waals surface area contributed by atoms with Gasteiger partial charge in [0.1, 0.15) is 0 Å². The Morgan fingerprint density at radius 1 is 1.07 bits per heavy atom. The van der Waals surface area contributed by atoms with Crippen molar-refractivity contribution >= 4 is 23.6 Å². The summed E-state index contributed by atoms with van der Waals surface area (Å²) in [5.41, 5.74) is 0.525. The SMILES string of the molecule is Cn1cc(C(=O)NC2CCN(C(=O)CCN3C(=O)C4CCCCC4C3=O)CC2)cn1. The van der Waals surface area contributed by atoms with Crippen molar-refractivity contribution in [3.8, 4) is 0 Å². The fourth-order valence-electron chi connectivity index (χ4n) is 4.90. The van der Waals surface area contributed by atoms with E-state index in [1.54, 1.807) is 22.8 Å². The zero-order valence-corrected chi connectivity index (χ0v) is 17.4. The van der Waals surface area contributed by atoms with Gasteiger partial charge in [-0.2, -0.15) is 5.10 Å². The Kier molecular flexibility index (Phi) is 5.87. The summed E-state index contributed by atoms with van der Waals surface area (Å²) in [7, 11) is 1.76. The molecule has 1 aliphatic carbocycles. The first-order valence-electron chi connectivity index (χ1n) is 10.9. The van der Waals surface area contributed by atoms with E-state index >= 15 is 0 Å². The third kappa shape index (κ3) is 4.11. The van der Waals surface area contributed by atoms with E-state index in [-0.39, 0.29) is 54.5 Å². The number of nitrogens with one attached hydrogen (secondary N) is 1. The molecule has 1 aromatic heterocycles. The molecule has 9 nitrogen and oxygen atoms in total. The standard InChI is InChI=1S/C21H29N5O4/c1-24-13-14(12-22-24)19(28)23-15-6-9-25(10-7-15)18(27)8-11-26-20(29)16-4-2-3-5-17(16)21(26)30/h12-13,15-17H,2-11H2,1H3,(H,23,28). The molecule has 1 saturated carbocycles. The van der Waals surface area contributed by atoms with Crippen LogP contribution in [0.1, 0.15) is 55.3 Å². The van der Waals surface area contributed by atoms with Gasteiger partial charge in [-0.05, 0) is 25.7 Å². The maximum atomic E-state index is 12.6. The lowest BCUT2D eigenvalue weighted by Crippen LogP contribution is -2.47. The van der Waals surface area contributed by atoms with E-state index in [0.29, 0.717) is 31.5 Å². The minimum Gasteiger partial charge on any atom is -0.349 e. The molecule has 0 radical (unpaired) electrons. The van der Waals surface area contributed by atoms with Gasteiger partial charge in [-0.3, -0.25) is 28.8 Å².